The first-order chi connectivity index (χ1) is 12.6. The number of aldehydes is 1. The number of carbonyl (C=O) groups is 1. The van der Waals surface area contributed by atoms with Gasteiger partial charge in [0.1, 0.15) is 6.29 Å². The van der Waals surface area contributed by atoms with Crippen molar-refractivity contribution in [3.8, 4) is 11.5 Å². The molecule has 0 atom stereocenters. The lowest BCUT2D eigenvalue weighted by Gasteiger charge is -2.33. The molecule has 140 valence electrons. The largest absolute Gasteiger partial charge is 0.415 e. The second kappa shape index (κ2) is 8.46. The van der Waals surface area contributed by atoms with Gasteiger partial charge in [-0.15, -0.1) is 10.2 Å². The van der Waals surface area contributed by atoms with Crippen LogP contribution in [0.25, 0.3) is 11.5 Å². The minimum Gasteiger partial charge on any atom is -0.415 e. The Labute approximate surface area is 150 Å². The molecule has 1 aromatic carbocycles. The Balaban J connectivity index is 1.80. The Morgan fingerprint density at radius 3 is 2.69 bits per heavy atom. The van der Waals surface area contributed by atoms with Gasteiger partial charge in [0, 0.05) is 23.7 Å². The molecule has 0 radical (unpaired) electrons. The Morgan fingerprint density at radius 1 is 1.31 bits per heavy atom. The molecule has 1 aliphatic carbocycles. The van der Waals surface area contributed by atoms with E-state index in [0.717, 1.165) is 24.7 Å². The number of hydrogen-bond acceptors (Lipinski definition) is 6. The SMILES string of the molecule is CNN(Cc1ccc(-c2nnc(C(F)F)o2)cc1C=O)C1CCCCC1. The van der Waals surface area contributed by atoms with Crippen LogP contribution in [0.5, 0.6) is 0 Å². The summed E-state index contributed by atoms with van der Waals surface area (Å²) in [6.45, 7) is 0.585. The fourth-order valence-corrected chi connectivity index (χ4v) is 3.39. The summed E-state index contributed by atoms with van der Waals surface area (Å²) in [6, 6.07) is 5.55. The van der Waals surface area contributed by atoms with Crippen molar-refractivity contribution < 1.29 is 18.0 Å². The van der Waals surface area contributed by atoms with Crippen LogP contribution in [0.2, 0.25) is 0 Å². The highest BCUT2D eigenvalue weighted by Gasteiger charge is 2.22. The maximum Gasteiger partial charge on any atom is 0.314 e. The molecule has 0 amide bonds. The van der Waals surface area contributed by atoms with Gasteiger partial charge in [0.05, 0.1) is 0 Å². The molecule has 1 heterocycles. The van der Waals surface area contributed by atoms with Crippen LogP contribution in [0.4, 0.5) is 8.78 Å². The molecule has 3 rings (SSSR count). The van der Waals surface area contributed by atoms with Gasteiger partial charge in [0.2, 0.25) is 5.89 Å². The molecule has 0 saturated heterocycles. The van der Waals surface area contributed by atoms with Crippen LogP contribution in [0.3, 0.4) is 0 Å². The van der Waals surface area contributed by atoms with E-state index in [4.69, 9.17) is 4.42 Å². The van der Waals surface area contributed by atoms with Crippen LogP contribution in [-0.4, -0.2) is 34.6 Å². The summed E-state index contributed by atoms with van der Waals surface area (Å²) < 4.78 is 30.2. The van der Waals surface area contributed by atoms with Crippen LogP contribution in [0, 0.1) is 0 Å². The summed E-state index contributed by atoms with van der Waals surface area (Å²) in [6.07, 6.45) is 3.91. The van der Waals surface area contributed by atoms with E-state index in [1.165, 1.54) is 19.3 Å². The Kier molecular flexibility index (Phi) is 6.05. The Bertz CT molecular complexity index is 745. The van der Waals surface area contributed by atoms with Crippen molar-refractivity contribution in [1.29, 1.82) is 0 Å². The van der Waals surface area contributed by atoms with E-state index in [-0.39, 0.29) is 5.89 Å². The van der Waals surface area contributed by atoms with Crippen molar-refractivity contribution in [3.05, 3.63) is 35.2 Å². The van der Waals surface area contributed by atoms with Gasteiger partial charge in [-0.05, 0) is 37.6 Å². The Morgan fingerprint density at radius 2 is 2.08 bits per heavy atom. The zero-order valence-electron chi connectivity index (χ0n) is 14.6. The van der Waals surface area contributed by atoms with Gasteiger partial charge in [-0.3, -0.25) is 10.2 Å². The number of rotatable bonds is 7. The fourth-order valence-electron chi connectivity index (χ4n) is 3.39. The second-order valence-corrected chi connectivity index (χ2v) is 6.42. The van der Waals surface area contributed by atoms with Gasteiger partial charge >= 0.3 is 6.43 Å². The molecule has 1 saturated carbocycles. The molecule has 0 aliphatic heterocycles. The highest BCUT2D eigenvalue weighted by atomic mass is 19.3. The lowest BCUT2D eigenvalue weighted by molar-refractivity contribution is 0.0978. The number of hydrazine groups is 1. The third-order valence-corrected chi connectivity index (χ3v) is 4.79. The first kappa shape index (κ1) is 18.6. The molecular formula is C18H22F2N4O2. The van der Waals surface area contributed by atoms with Gasteiger partial charge in [0.15, 0.2) is 0 Å². The van der Waals surface area contributed by atoms with Crippen LogP contribution >= 0.6 is 0 Å². The first-order valence-corrected chi connectivity index (χ1v) is 8.76. The number of alkyl halides is 2. The summed E-state index contributed by atoms with van der Waals surface area (Å²) in [5.74, 6) is -0.747. The quantitative estimate of drug-likeness (QED) is 0.596. The third kappa shape index (κ3) is 4.13. The predicted octanol–water partition coefficient (Wildman–Crippen LogP) is 3.76. The van der Waals surface area contributed by atoms with Gasteiger partial charge in [-0.25, -0.2) is 5.01 Å². The first-order valence-electron chi connectivity index (χ1n) is 8.76. The average Bonchev–Trinajstić information content (AvgIpc) is 3.17. The van der Waals surface area contributed by atoms with Crippen molar-refractivity contribution >= 4 is 6.29 Å². The molecule has 1 N–H and O–H groups in total. The molecule has 1 aromatic heterocycles. The van der Waals surface area contributed by atoms with Gasteiger partial charge < -0.3 is 4.42 Å². The van der Waals surface area contributed by atoms with Crippen molar-refractivity contribution in [3.63, 3.8) is 0 Å². The monoisotopic (exact) mass is 364 g/mol. The van der Waals surface area contributed by atoms with Gasteiger partial charge in [-0.2, -0.15) is 8.78 Å². The molecule has 0 spiro atoms. The number of hydrogen-bond donors (Lipinski definition) is 1. The van der Waals surface area contributed by atoms with E-state index < -0.39 is 12.3 Å². The van der Waals surface area contributed by atoms with E-state index in [0.29, 0.717) is 23.7 Å². The highest BCUT2D eigenvalue weighted by molar-refractivity contribution is 5.80. The Hall–Kier alpha value is -2.19. The van der Waals surface area contributed by atoms with Gasteiger partial charge in [-0.1, -0.05) is 25.3 Å². The fraction of sp³-hybridized carbons (Fsp3) is 0.500. The lowest BCUT2D eigenvalue weighted by atomic mass is 9.94. The maximum absolute atomic E-state index is 12.6. The normalized spacial score (nSPS) is 15.7. The average molecular weight is 364 g/mol. The van der Waals surface area contributed by atoms with Crippen molar-refractivity contribution in [1.82, 2.24) is 20.6 Å². The third-order valence-electron chi connectivity index (χ3n) is 4.79. The smallest absolute Gasteiger partial charge is 0.314 e. The zero-order valence-corrected chi connectivity index (χ0v) is 14.6. The predicted molar refractivity (Wildman–Crippen MR) is 91.6 cm³/mol. The van der Waals surface area contributed by atoms with Crippen LogP contribution < -0.4 is 5.43 Å². The summed E-state index contributed by atoms with van der Waals surface area (Å²) in [5, 5.41) is 9.10. The van der Waals surface area contributed by atoms with Crippen LogP contribution in [0.15, 0.2) is 22.6 Å². The van der Waals surface area contributed by atoms with E-state index in [2.05, 4.69) is 20.6 Å². The zero-order chi connectivity index (χ0) is 18.5. The molecule has 1 fully saturated rings. The highest BCUT2D eigenvalue weighted by Crippen LogP contribution is 2.27. The lowest BCUT2D eigenvalue weighted by Crippen LogP contribution is -2.44. The van der Waals surface area contributed by atoms with Crippen LogP contribution in [0.1, 0.15) is 60.3 Å². The van der Waals surface area contributed by atoms with Crippen molar-refractivity contribution in [2.75, 3.05) is 7.05 Å². The minimum absolute atomic E-state index is 0.0206. The van der Waals surface area contributed by atoms with Crippen LogP contribution in [-0.2, 0) is 6.54 Å². The summed E-state index contributed by atoms with van der Waals surface area (Å²) >= 11 is 0. The number of nitrogens with zero attached hydrogens (tertiary/aromatic N) is 3. The van der Waals surface area contributed by atoms with Crippen molar-refractivity contribution in [2.45, 2.75) is 51.1 Å². The molecule has 26 heavy (non-hydrogen) atoms. The van der Waals surface area contributed by atoms with Crippen molar-refractivity contribution in [2.24, 2.45) is 0 Å². The maximum atomic E-state index is 12.6. The number of aromatic nitrogens is 2. The summed E-state index contributed by atoms with van der Waals surface area (Å²) in [7, 11) is 1.88. The van der Waals surface area contributed by atoms with E-state index in [9.17, 15) is 13.6 Å². The molecule has 2 aromatic rings. The summed E-state index contributed by atoms with van der Waals surface area (Å²) in [5.41, 5.74) is 5.02. The van der Waals surface area contributed by atoms with E-state index in [1.54, 1.807) is 18.2 Å². The molecule has 1 aliphatic rings. The molecule has 0 bridgehead atoms. The van der Waals surface area contributed by atoms with E-state index >= 15 is 0 Å². The summed E-state index contributed by atoms with van der Waals surface area (Å²) in [4.78, 5) is 11.5. The molecule has 0 unspecified atom stereocenters. The number of nitrogens with one attached hydrogen (secondary N) is 1. The van der Waals surface area contributed by atoms with E-state index in [1.807, 2.05) is 7.05 Å². The number of halogens is 2. The standard InChI is InChI=1S/C18H22F2N4O2/c1-21-24(15-5-3-2-4-6-15)10-13-8-7-12(9-14(13)11-25)17-22-23-18(26-17)16(19)20/h7-9,11,15-16,21H,2-6,10H2,1H3. The molecule has 6 nitrogen and oxygen atoms in total. The van der Waals surface area contributed by atoms with Gasteiger partial charge in [0.25, 0.3) is 5.89 Å². The topological polar surface area (TPSA) is 71.3 Å². The number of benzene rings is 1. The molecular weight excluding hydrogens is 342 g/mol. The molecule has 8 heteroatoms. The number of carbonyl (C=O) groups excluding carboxylic acids is 1. The minimum atomic E-state index is -2.82. The second-order valence-electron chi connectivity index (χ2n) is 6.42.